The molecule has 0 radical (unpaired) electrons. The van der Waals surface area contributed by atoms with Crippen LogP contribution in [0.5, 0.6) is 0 Å². The Labute approximate surface area is 114 Å². The molecule has 1 unspecified atom stereocenters. The van der Waals surface area contributed by atoms with Crippen LogP contribution in [0.3, 0.4) is 0 Å². The van der Waals surface area contributed by atoms with Crippen molar-refractivity contribution in [1.82, 2.24) is 14.8 Å². The van der Waals surface area contributed by atoms with Crippen molar-refractivity contribution in [2.45, 2.75) is 32.0 Å². The van der Waals surface area contributed by atoms with Gasteiger partial charge < -0.3 is 14.1 Å². The van der Waals surface area contributed by atoms with E-state index in [0.717, 1.165) is 28.8 Å². The monoisotopic (exact) mass is 281 g/mol. The van der Waals surface area contributed by atoms with Crippen LogP contribution < -0.4 is 0 Å². The second-order valence-corrected chi connectivity index (χ2v) is 5.19. The molecule has 6 nitrogen and oxygen atoms in total. The molecule has 0 aromatic carbocycles. The van der Waals surface area contributed by atoms with Crippen molar-refractivity contribution >= 4 is 17.7 Å². The molecule has 2 aromatic heterocycles. The predicted molar refractivity (Wildman–Crippen MR) is 70.4 cm³/mol. The van der Waals surface area contributed by atoms with Gasteiger partial charge in [-0.3, -0.25) is 4.79 Å². The molecule has 0 saturated heterocycles. The second-order valence-electron chi connectivity index (χ2n) is 4.25. The molecular formula is C12H15N3O3S. The molecule has 2 heterocycles. The van der Waals surface area contributed by atoms with E-state index in [2.05, 4.69) is 10.2 Å². The summed E-state index contributed by atoms with van der Waals surface area (Å²) in [6, 6.07) is 1.98. The molecule has 1 atom stereocenters. The SMILES string of the molecule is Cc1cc(C(C)n2cnnc2SCC(=O)O)c(C)o1. The topological polar surface area (TPSA) is 81.2 Å². The molecule has 0 saturated carbocycles. The zero-order chi connectivity index (χ0) is 14.0. The van der Waals surface area contributed by atoms with Crippen LogP contribution in [-0.4, -0.2) is 31.6 Å². The number of carboxylic acids is 1. The highest BCUT2D eigenvalue weighted by molar-refractivity contribution is 7.99. The number of carbonyl (C=O) groups is 1. The van der Waals surface area contributed by atoms with Gasteiger partial charge in [-0.25, -0.2) is 0 Å². The standard InChI is InChI=1S/C12H15N3O3S/c1-7-4-10(9(3)18-7)8(2)15-6-13-14-12(15)19-5-11(16)17/h4,6,8H,5H2,1-3H3,(H,16,17). The minimum Gasteiger partial charge on any atom is -0.481 e. The predicted octanol–water partition coefficient (Wildman–Crippen LogP) is 2.27. The second kappa shape index (κ2) is 5.48. The van der Waals surface area contributed by atoms with E-state index < -0.39 is 5.97 Å². The van der Waals surface area contributed by atoms with Gasteiger partial charge in [-0.2, -0.15) is 0 Å². The molecule has 2 rings (SSSR count). The van der Waals surface area contributed by atoms with E-state index in [1.807, 2.05) is 31.4 Å². The summed E-state index contributed by atoms with van der Waals surface area (Å²) in [5.74, 6) is 0.803. The van der Waals surface area contributed by atoms with Crippen LogP contribution in [-0.2, 0) is 4.79 Å². The zero-order valence-corrected chi connectivity index (χ0v) is 11.8. The van der Waals surface area contributed by atoms with Crippen molar-refractivity contribution in [1.29, 1.82) is 0 Å². The fraction of sp³-hybridized carbons (Fsp3) is 0.417. The van der Waals surface area contributed by atoms with E-state index in [1.54, 1.807) is 6.33 Å². The minimum absolute atomic E-state index is 0.00347. The molecule has 0 aliphatic rings. The lowest BCUT2D eigenvalue weighted by molar-refractivity contribution is -0.133. The summed E-state index contributed by atoms with van der Waals surface area (Å²) >= 11 is 1.16. The Bertz CT molecular complexity index is 591. The lowest BCUT2D eigenvalue weighted by Gasteiger charge is -2.13. The summed E-state index contributed by atoms with van der Waals surface area (Å²) in [5.41, 5.74) is 1.05. The van der Waals surface area contributed by atoms with Crippen molar-refractivity contribution in [3.05, 3.63) is 29.5 Å². The summed E-state index contributed by atoms with van der Waals surface area (Å²) in [6.07, 6.45) is 1.61. The molecular weight excluding hydrogens is 266 g/mol. The van der Waals surface area contributed by atoms with Crippen molar-refractivity contribution in [3.8, 4) is 0 Å². The number of aromatic nitrogens is 3. The molecule has 102 valence electrons. The molecule has 0 spiro atoms. The van der Waals surface area contributed by atoms with Crippen molar-refractivity contribution in [2.24, 2.45) is 0 Å². The molecule has 0 fully saturated rings. The maximum atomic E-state index is 10.6. The van der Waals surface area contributed by atoms with Crippen LogP contribution in [0.2, 0.25) is 0 Å². The lowest BCUT2D eigenvalue weighted by atomic mass is 10.1. The van der Waals surface area contributed by atoms with Crippen LogP contribution in [0.1, 0.15) is 30.0 Å². The summed E-state index contributed by atoms with van der Waals surface area (Å²) in [4.78, 5) is 10.6. The third-order valence-corrected chi connectivity index (χ3v) is 3.75. The molecule has 1 N–H and O–H groups in total. The van der Waals surface area contributed by atoms with Crippen LogP contribution in [0.4, 0.5) is 0 Å². The smallest absolute Gasteiger partial charge is 0.313 e. The Morgan fingerprint density at radius 3 is 2.89 bits per heavy atom. The van der Waals surface area contributed by atoms with Crippen molar-refractivity contribution < 1.29 is 14.3 Å². The first-order valence-corrected chi connectivity index (χ1v) is 6.78. The minimum atomic E-state index is -0.873. The van der Waals surface area contributed by atoms with Crippen molar-refractivity contribution in [3.63, 3.8) is 0 Å². The lowest BCUT2D eigenvalue weighted by Crippen LogP contribution is -2.08. The Hall–Kier alpha value is -1.76. The van der Waals surface area contributed by atoms with E-state index in [9.17, 15) is 4.79 Å². The number of nitrogens with zero attached hydrogens (tertiary/aromatic N) is 3. The van der Waals surface area contributed by atoms with Gasteiger partial charge in [0, 0.05) is 5.56 Å². The fourth-order valence-corrected chi connectivity index (χ4v) is 2.65. The molecule has 7 heteroatoms. The van der Waals surface area contributed by atoms with Gasteiger partial charge in [0.05, 0.1) is 11.8 Å². The Balaban J connectivity index is 2.24. The van der Waals surface area contributed by atoms with E-state index >= 15 is 0 Å². The van der Waals surface area contributed by atoms with Gasteiger partial charge in [-0.05, 0) is 26.8 Å². The van der Waals surface area contributed by atoms with Gasteiger partial charge >= 0.3 is 5.97 Å². The van der Waals surface area contributed by atoms with Gasteiger partial charge in [-0.15, -0.1) is 10.2 Å². The first-order valence-electron chi connectivity index (χ1n) is 5.80. The normalized spacial score (nSPS) is 12.6. The molecule has 2 aromatic rings. The highest BCUT2D eigenvalue weighted by Gasteiger charge is 2.18. The average molecular weight is 281 g/mol. The van der Waals surface area contributed by atoms with E-state index in [0.29, 0.717) is 5.16 Å². The molecule has 0 aliphatic carbocycles. The van der Waals surface area contributed by atoms with Gasteiger partial charge in [0.2, 0.25) is 0 Å². The Morgan fingerprint density at radius 1 is 1.58 bits per heavy atom. The molecule has 0 amide bonds. The number of aryl methyl sites for hydroxylation is 2. The fourth-order valence-electron chi connectivity index (χ4n) is 1.94. The quantitative estimate of drug-likeness (QED) is 0.847. The number of furan rings is 1. The summed E-state index contributed by atoms with van der Waals surface area (Å²) in [5, 5.41) is 17.1. The van der Waals surface area contributed by atoms with Crippen LogP contribution >= 0.6 is 11.8 Å². The first kappa shape index (κ1) is 13.7. The highest BCUT2D eigenvalue weighted by atomic mass is 32.2. The Kier molecular flexibility index (Phi) is 3.94. The number of hydrogen-bond donors (Lipinski definition) is 1. The van der Waals surface area contributed by atoms with Gasteiger partial charge in [0.1, 0.15) is 17.8 Å². The maximum Gasteiger partial charge on any atom is 0.313 e. The summed E-state index contributed by atoms with van der Waals surface area (Å²) < 4.78 is 7.37. The number of carboxylic acid groups (broad SMARTS) is 1. The molecule has 0 bridgehead atoms. The number of aliphatic carboxylic acids is 1. The largest absolute Gasteiger partial charge is 0.481 e. The van der Waals surface area contributed by atoms with Crippen LogP contribution in [0.25, 0.3) is 0 Å². The third kappa shape index (κ3) is 2.98. The number of hydrogen-bond acceptors (Lipinski definition) is 5. The van der Waals surface area contributed by atoms with Gasteiger partial charge in [0.15, 0.2) is 5.16 Å². The maximum absolute atomic E-state index is 10.6. The molecule has 0 aliphatic heterocycles. The summed E-state index contributed by atoms with van der Waals surface area (Å²) in [6.45, 7) is 5.81. The van der Waals surface area contributed by atoms with Crippen LogP contribution in [0.15, 0.2) is 22.0 Å². The Morgan fingerprint density at radius 2 is 2.32 bits per heavy atom. The van der Waals surface area contributed by atoms with E-state index in [4.69, 9.17) is 9.52 Å². The average Bonchev–Trinajstić information content (AvgIpc) is 2.92. The highest BCUT2D eigenvalue weighted by Crippen LogP contribution is 2.27. The third-order valence-electron chi connectivity index (χ3n) is 2.81. The van der Waals surface area contributed by atoms with Crippen molar-refractivity contribution in [2.75, 3.05) is 5.75 Å². The summed E-state index contributed by atoms with van der Waals surface area (Å²) in [7, 11) is 0. The van der Waals surface area contributed by atoms with Gasteiger partial charge in [-0.1, -0.05) is 11.8 Å². The van der Waals surface area contributed by atoms with Crippen LogP contribution in [0, 0.1) is 13.8 Å². The van der Waals surface area contributed by atoms with Gasteiger partial charge in [0.25, 0.3) is 0 Å². The zero-order valence-electron chi connectivity index (χ0n) is 11.0. The van der Waals surface area contributed by atoms with E-state index in [1.165, 1.54) is 0 Å². The number of rotatable bonds is 5. The van der Waals surface area contributed by atoms with E-state index in [-0.39, 0.29) is 11.8 Å². The molecule has 19 heavy (non-hydrogen) atoms. The first-order chi connectivity index (χ1) is 8.99. The number of thioether (sulfide) groups is 1.